The lowest BCUT2D eigenvalue weighted by Gasteiger charge is -2.15. The topological polar surface area (TPSA) is 88.5 Å². The number of aromatic nitrogens is 1. The Morgan fingerprint density at radius 1 is 1.00 bits per heavy atom. The molecule has 2 atom stereocenters. The van der Waals surface area contributed by atoms with Crippen LogP contribution < -0.4 is 10.1 Å². The second-order valence-corrected chi connectivity index (χ2v) is 8.47. The number of carboxylic acid groups (broad SMARTS) is 1. The van der Waals surface area contributed by atoms with Gasteiger partial charge in [0.25, 0.3) is 5.91 Å². The maximum absolute atomic E-state index is 13.1. The summed E-state index contributed by atoms with van der Waals surface area (Å²) in [4.78, 5) is 28.7. The molecule has 32 heavy (non-hydrogen) atoms. The van der Waals surface area contributed by atoms with Crippen molar-refractivity contribution in [2.45, 2.75) is 40.0 Å². The first-order chi connectivity index (χ1) is 15.2. The first-order valence-corrected chi connectivity index (χ1v) is 10.6. The van der Waals surface area contributed by atoms with E-state index >= 15 is 0 Å². The number of amides is 1. The molecule has 1 saturated carbocycles. The number of carbonyl (C=O) groups excluding carboxylic acids is 1. The van der Waals surface area contributed by atoms with Crippen LogP contribution in [0.5, 0.6) is 11.6 Å². The summed E-state index contributed by atoms with van der Waals surface area (Å²) in [5.41, 5.74) is 5.63. The largest absolute Gasteiger partial charge is 0.481 e. The van der Waals surface area contributed by atoms with Gasteiger partial charge in [0.15, 0.2) is 0 Å². The number of anilines is 1. The number of rotatable bonds is 6. The number of carboxylic acids is 1. The molecular weight excluding hydrogens is 404 g/mol. The van der Waals surface area contributed by atoms with E-state index in [1.165, 1.54) is 0 Å². The Labute approximate surface area is 187 Å². The molecule has 0 bridgehead atoms. The van der Waals surface area contributed by atoms with Crippen molar-refractivity contribution in [3.05, 3.63) is 82.0 Å². The Kier molecular flexibility index (Phi) is 5.70. The predicted molar refractivity (Wildman–Crippen MR) is 123 cm³/mol. The normalized spacial score (nSPS) is 17.0. The van der Waals surface area contributed by atoms with Crippen molar-refractivity contribution in [1.29, 1.82) is 0 Å². The van der Waals surface area contributed by atoms with E-state index in [1.54, 1.807) is 6.07 Å². The van der Waals surface area contributed by atoms with Crippen molar-refractivity contribution in [1.82, 2.24) is 4.98 Å². The molecule has 0 saturated heterocycles. The van der Waals surface area contributed by atoms with E-state index in [-0.39, 0.29) is 17.7 Å². The van der Waals surface area contributed by atoms with E-state index < -0.39 is 5.97 Å². The summed E-state index contributed by atoms with van der Waals surface area (Å²) in [6, 6.07) is 15.0. The Hall–Kier alpha value is -3.67. The van der Waals surface area contributed by atoms with Crippen LogP contribution >= 0.6 is 0 Å². The molecule has 164 valence electrons. The van der Waals surface area contributed by atoms with E-state index in [2.05, 4.69) is 10.3 Å². The standard InChI is InChI=1S/C26H26N2O4/c1-14-8-9-18(20-13-21(20)26(30)31)12-22(14)28-25(29)24-15(2)10-19(11-16(24)3)32-23-7-5-6-17(4)27-23/h5-12,20-21H,13H2,1-4H3,(H,28,29)(H,30,31)/t20-,21-/m1/s1. The maximum atomic E-state index is 13.1. The third-order valence-electron chi connectivity index (χ3n) is 5.86. The van der Waals surface area contributed by atoms with Gasteiger partial charge in [-0.2, -0.15) is 0 Å². The van der Waals surface area contributed by atoms with Crippen LogP contribution in [0.1, 0.15) is 50.6 Å². The predicted octanol–water partition coefficient (Wildman–Crippen LogP) is 5.55. The summed E-state index contributed by atoms with van der Waals surface area (Å²) >= 11 is 0. The molecule has 1 heterocycles. The number of aliphatic carboxylic acids is 1. The summed E-state index contributed by atoms with van der Waals surface area (Å²) in [6.45, 7) is 7.58. The van der Waals surface area contributed by atoms with E-state index in [0.717, 1.165) is 27.9 Å². The highest BCUT2D eigenvalue weighted by Gasteiger charge is 2.44. The molecule has 6 nitrogen and oxygen atoms in total. The second-order valence-electron chi connectivity index (χ2n) is 8.47. The zero-order valence-corrected chi connectivity index (χ0v) is 18.6. The molecule has 0 aliphatic heterocycles. The molecule has 4 rings (SSSR count). The lowest BCUT2D eigenvalue weighted by molar-refractivity contribution is -0.138. The maximum Gasteiger partial charge on any atom is 0.307 e. The molecule has 2 aromatic carbocycles. The first kappa shape index (κ1) is 21.6. The number of ether oxygens (including phenoxy) is 1. The summed E-state index contributed by atoms with van der Waals surface area (Å²) in [5, 5.41) is 12.2. The van der Waals surface area contributed by atoms with Gasteiger partial charge in [0, 0.05) is 23.0 Å². The number of carbonyl (C=O) groups is 2. The van der Waals surface area contributed by atoms with Crippen molar-refractivity contribution < 1.29 is 19.4 Å². The summed E-state index contributed by atoms with van der Waals surface area (Å²) in [7, 11) is 0. The fourth-order valence-corrected chi connectivity index (χ4v) is 4.06. The van der Waals surface area contributed by atoms with Gasteiger partial charge >= 0.3 is 5.97 Å². The van der Waals surface area contributed by atoms with Crippen LogP contribution in [0.4, 0.5) is 5.69 Å². The Morgan fingerprint density at radius 2 is 1.72 bits per heavy atom. The lowest BCUT2D eigenvalue weighted by Crippen LogP contribution is -2.16. The van der Waals surface area contributed by atoms with E-state index in [1.807, 2.05) is 70.2 Å². The fourth-order valence-electron chi connectivity index (χ4n) is 4.06. The molecule has 1 aromatic heterocycles. The molecule has 1 aliphatic rings. The Morgan fingerprint density at radius 3 is 2.34 bits per heavy atom. The van der Waals surface area contributed by atoms with Crippen LogP contribution in [0, 0.1) is 33.6 Å². The molecule has 2 N–H and O–H groups in total. The average molecular weight is 431 g/mol. The zero-order valence-electron chi connectivity index (χ0n) is 18.6. The van der Waals surface area contributed by atoms with Gasteiger partial charge in [-0.05, 0) is 86.6 Å². The Balaban J connectivity index is 1.54. The van der Waals surface area contributed by atoms with Gasteiger partial charge < -0.3 is 15.2 Å². The van der Waals surface area contributed by atoms with Crippen molar-refractivity contribution in [3.63, 3.8) is 0 Å². The van der Waals surface area contributed by atoms with E-state index in [4.69, 9.17) is 4.74 Å². The van der Waals surface area contributed by atoms with Crippen molar-refractivity contribution in [2.75, 3.05) is 5.32 Å². The van der Waals surface area contributed by atoms with Gasteiger partial charge in [-0.3, -0.25) is 9.59 Å². The van der Waals surface area contributed by atoms with Gasteiger partial charge in [0.2, 0.25) is 5.88 Å². The third kappa shape index (κ3) is 4.49. The van der Waals surface area contributed by atoms with Gasteiger partial charge in [-0.1, -0.05) is 18.2 Å². The van der Waals surface area contributed by atoms with Gasteiger partial charge in [-0.25, -0.2) is 4.98 Å². The molecule has 3 aromatic rings. The lowest BCUT2D eigenvalue weighted by atomic mass is 10.0. The monoisotopic (exact) mass is 430 g/mol. The molecule has 0 unspecified atom stereocenters. The molecule has 1 amide bonds. The number of benzene rings is 2. The highest BCUT2D eigenvalue weighted by Crippen LogP contribution is 2.48. The van der Waals surface area contributed by atoms with Crippen LogP contribution in [0.3, 0.4) is 0 Å². The fraction of sp³-hybridized carbons (Fsp3) is 0.269. The summed E-state index contributed by atoms with van der Waals surface area (Å²) in [6.07, 6.45) is 0.640. The van der Waals surface area contributed by atoms with Gasteiger partial charge in [0.1, 0.15) is 5.75 Å². The minimum atomic E-state index is -0.768. The van der Waals surface area contributed by atoms with E-state index in [0.29, 0.717) is 29.3 Å². The van der Waals surface area contributed by atoms with Crippen LogP contribution in [-0.4, -0.2) is 22.0 Å². The van der Waals surface area contributed by atoms with Crippen molar-refractivity contribution in [3.8, 4) is 11.6 Å². The number of aryl methyl sites for hydroxylation is 4. The third-order valence-corrected chi connectivity index (χ3v) is 5.86. The van der Waals surface area contributed by atoms with Crippen LogP contribution in [0.2, 0.25) is 0 Å². The van der Waals surface area contributed by atoms with E-state index in [9.17, 15) is 14.7 Å². The molecule has 6 heteroatoms. The first-order valence-electron chi connectivity index (χ1n) is 10.6. The average Bonchev–Trinajstić information content (AvgIpc) is 3.50. The highest BCUT2D eigenvalue weighted by atomic mass is 16.5. The molecule has 1 aliphatic carbocycles. The smallest absolute Gasteiger partial charge is 0.307 e. The van der Waals surface area contributed by atoms with Gasteiger partial charge in [0.05, 0.1) is 5.92 Å². The molecule has 1 fully saturated rings. The van der Waals surface area contributed by atoms with Crippen LogP contribution in [0.25, 0.3) is 0 Å². The number of pyridine rings is 1. The zero-order chi connectivity index (χ0) is 23.0. The quantitative estimate of drug-likeness (QED) is 0.535. The number of hydrogen-bond donors (Lipinski definition) is 2. The second kappa shape index (κ2) is 8.46. The summed E-state index contributed by atoms with van der Waals surface area (Å²) in [5.74, 6) is -0.156. The van der Waals surface area contributed by atoms with Crippen molar-refractivity contribution in [2.24, 2.45) is 5.92 Å². The number of nitrogens with one attached hydrogen (secondary N) is 1. The van der Waals surface area contributed by atoms with Crippen molar-refractivity contribution >= 4 is 17.6 Å². The SMILES string of the molecule is Cc1cccc(Oc2cc(C)c(C(=O)Nc3cc([C@H]4C[C@H]4C(=O)O)ccc3C)c(C)c2)n1. The number of hydrogen-bond acceptors (Lipinski definition) is 4. The van der Waals surface area contributed by atoms with Gasteiger partial charge in [-0.15, -0.1) is 0 Å². The minimum absolute atomic E-state index is 0.0129. The van der Waals surface area contributed by atoms with Crippen LogP contribution in [0.15, 0.2) is 48.5 Å². The molecular formula is C26H26N2O4. The Bertz CT molecular complexity index is 1200. The number of nitrogens with zero attached hydrogens (tertiary/aromatic N) is 1. The molecule has 0 spiro atoms. The minimum Gasteiger partial charge on any atom is -0.481 e. The van der Waals surface area contributed by atoms with Crippen LogP contribution in [-0.2, 0) is 4.79 Å². The molecule has 0 radical (unpaired) electrons. The highest BCUT2D eigenvalue weighted by molar-refractivity contribution is 6.06. The summed E-state index contributed by atoms with van der Waals surface area (Å²) < 4.78 is 5.88.